The lowest BCUT2D eigenvalue weighted by atomic mass is 10.2. The molecule has 0 atom stereocenters. The van der Waals surface area contributed by atoms with Crippen LogP contribution in [0.4, 0.5) is 11.4 Å². The van der Waals surface area contributed by atoms with Crippen LogP contribution in [0.15, 0.2) is 24.5 Å². The molecular formula is C10H12N4O. The normalized spacial score (nSPS) is 10.5. The molecule has 2 aromatic rings. The number of rotatable bonds is 2. The average molecular weight is 204 g/mol. The van der Waals surface area contributed by atoms with Gasteiger partial charge in [0.15, 0.2) is 11.7 Å². The van der Waals surface area contributed by atoms with Gasteiger partial charge < -0.3 is 16.3 Å². The summed E-state index contributed by atoms with van der Waals surface area (Å²) in [4.78, 5) is 4.16. The van der Waals surface area contributed by atoms with Crippen molar-refractivity contribution >= 4 is 22.4 Å². The molecule has 5 heteroatoms. The molecule has 0 spiro atoms. The van der Waals surface area contributed by atoms with Gasteiger partial charge in [0, 0.05) is 6.54 Å². The predicted octanol–water partition coefficient (Wildman–Crippen LogP) is 0.882. The van der Waals surface area contributed by atoms with E-state index in [1.54, 1.807) is 6.07 Å². The van der Waals surface area contributed by atoms with Crippen LogP contribution in [0.2, 0.25) is 0 Å². The van der Waals surface area contributed by atoms with Crippen LogP contribution in [-0.4, -0.2) is 11.5 Å². The van der Waals surface area contributed by atoms with E-state index in [2.05, 4.69) is 10.3 Å². The molecule has 0 bridgehead atoms. The SMILES string of the molecule is CCNc1ccc(N)c2c1ncc[n+]2[O-]. The number of benzene rings is 1. The number of nitrogen functional groups attached to an aromatic ring is 1. The minimum atomic E-state index is 0.413. The first-order valence-corrected chi connectivity index (χ1v) is 4.74. The average Bonchev–Trinajstić information content (AvgIpc) is 2.22. The van der Waals surface area contributed by atoms with Crippen molar-refractivity contribution in [2.24, 2.45) is 0 Å². The van der Waals surface area contributed by atoms with Crippen LogP contribution in [-0.2, 0) is 0 Å². The number of fused-ring (bicyclic) bond motifs is 1. The second-order valence-corrected chi connectivity index (χ2v) is 3.18. The molecule has 0 aliphatic carbocycles. The zero-order valence-corrected chi connectivity index (χ0v) is 8.40. The van der Waals surface area contributed by atoms with E-state index >= 15 is 0 Å². The molecule has 0 radical (unpaired) electrons. The Bertz CT molecular complexity index is 490. The molecule has 0 saturated carbocycles. The zero-order chi connectivity index (χ0) is 10.8. The molecule has 0 saturated heterocycles. The standard InChI is InChI=1S/C10H12N4O/c1-2-12-8-4-3-7(11)10-9(8)13-5-6-14(10)15/h3-6,12H,2,11H2,1H3. The van der Waals surface area contributed by atoms with Crippen molar-refractivity contribution in [2.75, 3.05) is 17.6 Å². The molecule has 0 unspecified atom stereocenters. The Kier molecular flexibility index (Phi) is 2.29. The number of hydrogen-bond donors (Lipinski definition) is 2. The van der Waals surface area contributed by atoms with Crippen molar-refractivity contribution in [2.45, 2.75) is 6.92 Å². The quantitative estimate of drug-likeness (QED) is 0.432. The summed E-state index contributed by atoms with van der Waals surface area (Å²) >= 11 is 0. The molecular weight excluding hydrogens is 192 g/mol. The van der Waals surface area contributed by atoms with Crippen molar-refractivity contribution < 1.29 is 4.73 Å². The number of anilines is 2. The Hall–Kier alpha value is -2.04. The molecule has 0 aliphatic heterocycles. The molecule has 5 nitrogen and oxygen atoms in total. The van der Waals surface area contributed by atoms with Gasteiger partial charge in [-0.3, -0.25) is 0 Å². The summed E-state index contributed by atoms with van der Waals surface area (Å²) in [6.07, 6.45) is 2.81. The first-order valence-electron chi connectivity index (χ1n) is 4.74. The minimum absolute atomic E-state index is 0.413. The lowest BCUT2D eigenvalue weighted by Crippen LogP contribution is -2.27. The first kappa shape index (κ1) is 9.51. The monoisotopic (exact) mass is 204 g/mol. The van der Waals surface area contributed by atoms with Crippen molar-refractivity contribution in [3.05, 3.63) is 29.7 Å². The maximum Gasteiger partial charge on any atom is 0.267 e. The van der Waals surface area contributed by atoms with E-state index in [0.29, 0.717) is 16.7 Å². The van der Waals surface area contributed by atoms with Crippen LogP contribution < -0.4 is 15.8 Å². The molecule has 0 fully saturated rings. The smallest absolute Gasteiger partial charge is 0.267 e. The second-order valence-electron chi connectivity index (χ2n) is 3.18. The largest absolute Gasteiger partial charge is 0.618 e. The summed E-state index contributed by atoms with van der Waals surface area (Å²) in [5, 5.41) is 14.7. The second kappa shape index (κ2) is 3.61. The number of nitrogens with zero attached hydrogens (tertiary/aromatic N) is 2. The van der Waals surface area contributed by atoms with Crippen molar-refractivity contribution in [1.82, 2.24) is 4.98 Å². The summed E-state index contributed by atoms with van der Waals surface area (Å²) in [6.45, 7) is 2.75. The third-order valence-electron chi connectivity index (χ3n) is 2.18. The molecule has 1 heterocycles. The van der Waals surface area contributed by atoms with Crippen LogP contribution in [0.25, 0.3) is 11.0 Å². The van der Waals surface area contributed by atoms with E-state index in [-0.39, 0.29) is 0 Å². The van der Waals surface area contributed by atoms with E-state index < -0.39 is 0 Å². The first-order chi connectivity index (χ1) is 7.24. The molecule has 3 N–H and O–H groups in total. The van der Waals surface area contributed by atoms with Crippen LogP contribution in [0, 0.1) is 5.21 Å². The highest BCUT2D eigenvalue weighted by atomic mass is 16.5. The lowest BCUT2D eigenvalue weighted by molar-refractivity contribution is -0.576. The summed E-state index contributed by atoms with van der Waals surface area (Å²) in [7, 11) is 0. The third-order valence-corrected chi connectivity index (χ3v) is 2.18. The number of aromatic nitrogens is 2. The topological polar surface area (TPSA) is 77.9 Å². The Balaban J connectivity index is 2.76. The zero-order valence-electron chi connectivity index (χ0n) is 8.40. The van der Waals surface area contributed by atoms with Gasteiger partial charge in [0.2, 0.25) is 0 Å². The van der Waals surface area contributed by atoms with E-state index in [4.69, 9.17) is 5.73 Å². The van der Waals surface area contributed by atoms with Gasteiger partial charge in [-0.2, -0.15) is 4.73 Å². The van der Waals surface area contributed by atoms with E-state index in [1.165, 1.54) is 12.4 Å². The molecule has 1 aromatic carbocycles. The molecule has 0 amide bonds. The number of nitrogens with one attached hydrogen (secondary N) is 1. The van der Waals surface area contributed by atoms with E-state index in [0.717, 1.165) is 17.0 Å². The van der Waals surface area contributed by atoms with Gasteiger partial charge in [0.05, 0.1) is 11.9 Å². The molecule has 1 aromatic heterocycles. The van der Waals surface area contributed by atoms with Gasteiger partial charge in [-0.25, -0.2) is 4.98 Å². The van der Waals surface area contributed by atoms with E-state index in [9.17, 15) is 5.21 Å². The highest BCUT2D eigenvalue weighted by molar-refractivity contribution is 5.93. The molecule has 78 valence electrons. The minimum Gasteiger partial charge on any atom is -0.618 e. The molecule has 2 rings (SSSR count). The van der Waals surface area contributed by atoms with Gasteiger partial charge in [-0.15, -0.1) is 0 Å². The van der Waals surface area contributed by atoms with Gasteiger partial charge in [-0.1, -0.05) is 0 Å². The number of nitrogens with two attached hydrogens (primary N) is 1. The van der Waals surface area contributed by atoms with Gasteiger partial charge >= 0.3 is 0 Å². The molecule has 15 heavy (non-hydrogen) atoms. The summed E-state index contributed by atoms with van der Waals surface area (Å²) < 4.78 is 0.735. The summed E-state index contributed by atoms with van der Waals surface area (Å²) in [5.41, 5.74) is 8.02. The molecule has 0 aliphatic rings. The van der Waals surface area contributed by atoms with Crippen LogP contribution in [0.5, 0.6) is 0 Å². The number of hydrogen-bond acceptors (Lipinski definition) is 4. The van der Waals surface area contributed by atoms with Crippen LogP contribution in [0.3, 0.4) is 0 Å². The van der Waals surface area contributed by atoms with E-state index in [1.807, 2.05) is 13.0 Å². The van der Waals surface area contributed by atoms with Crippen molar-refractivity contribution in [3.8, 4) is 0 Å². The maximum atomic E-state index is 11.5. The Morgan fingerprint density at radius 2 is 2.33 bits per heavy atom. The fourth-order valence-electron chi connectivity index (χ4n) is 1.53. The Morgan fingerprint density at radius 3 is 3.07 bits per heavy atom. The Labute approximate surface area is 87.1 Å². The predicted molar refractivity (Wildman–Crippen MR) is 59.3 cm³/mol. The van der Waals surface area contributed by atoms with Crippen molar-refractivity contribution in [1.29, 1.82) is 0 Å². The van der Waals surface area contributed by atoms with Gasteiger partial charge in [-0.05, 0) is 19.1 Å². The van der Waals surface area contributed by atoms with Gasteiger partial charge in [0.25, 0.3) is 5.52 Å². The van der Waals surface area contributed by atoms with Crippen LogP contribution >= 0.6 is 0 Å². The summed E-state index contributed by atoms with van der Waals surface area (Å²) in [5.74, 6) is 0. The summed E-state index contributed by atoms with van der Waals surface area (Å²) in [6, 6.07) is 3.53. The Morgan fingerprint density at radius 1 is 1.53 bits per heavy atom. The van der Waals surface area contributed by atoms with Gasteiger partial charge in [0.1, 0.15) is 5.69 Å². The maximum absolute atomic E-state index is 11.5. The van der Waals surface area contributed by atoms with Crippen molar-refractivity contribution in [3.63, 3.8) is 0 Å². The fourth-order valence-corrected chi connectivity index (χ4v) is 1.53. The van der Waals surface area contributed by atoms with Crippen LogP contribution in [0.1, 0.15) is 6.92 Å². The lowest BCUT2D eigenvalue weighted by Gasteiger charge is -2.08. The highest BCUT2D eigenvalue weighted by Crippen LogP contribution is 2.23. The fraction of sp³-hybridized carbons (Fsp3) is 0.200. The highest BCUT2D eigenvalue weighted by Gasteiger charge is 2.12. The third kappa shape index (κ3) is 1.52.